The van der Waals surface area contributed by atoms with Crippen LogP contribution in [0.3, 0.4) is 0 Å². The number of nitrogens with one attached hydrogen (secondary N) is 1. The standard InChI is InChI=1S/C10H9ClN2/c1-7-8(10(13)5-6-12)3-2-4-9(7)11/h2-4,13H,5H2,1H3. The van der Waals surface area contributed by atoms with E-state index in [-0.39, 0.29) is 6.42 Å². The quantitative estimate of drug-likeness (QED) is 0.720. The van der Waals surface area contributed by atoms with E-state index in [1.165, 1.54) is 0 Å². The maximum atomic E-state index is 8.43. The molecule has 0 bridgehead atoms. The van der Waals surface area contributed by atoms with Crippen LogP contribution in [0.1, 0.15) is 17.5 Å². The van der Waals surface area contributed by atoms with Gasteiger partial charge in [0, 0.05) is 10.6 Å². The highest BCUT2D eigenvalue weighted by atomic mass is 35.5. The van der Waals surface area contributed by atoms with Crippen LogP contribution >= 0.6 is 11.6 Å². The average molecular weight is 193 g/mol. The fourth-order valence-electron chi connectivity index (χ4n) is 1.11. The highest BCUT2D eigenvalue weighted by molar-refractivity contribution is 6.31. The van der Waals surface area contributed by atoms with Gasteiger partial charge in [0.1, 0.15) is 0 Å². The maximum Gasteiger partial charge on any atom is 0.0773 e. The molecule has 0 heterocycles. The van der Waals surface area contributed by atoms with Gasteiger partial charge in [-0.2, -0.15) is 5.26 Å². The van der Waals surface area contributed by atoms with Gasteiger partial charge in [-0.15, -0.1) is 0 Å². The molecule has 3 heteroatoms. The monoisotopic (exact) mass is 192 g/mol. The third kappa shape index (κ3) is 2.07. The van der Waals surface area contributed by atoms with E-state index in [0.29, 0.717) is 10.7 Å². The second kappa shape index (κ2) is 4.06. The third-order valence-corrected chi connectivity index (χ3v) is 2.26. The van der Waals surface area contributed by atoms with Crippen LogP contribution in [0.25, 0.3) is 0 Å². The van der Waals surface area contributed by atoms with Crippen LogP contribution in [0.15, 0.2) is 18.2 Å². The molecule has 66 valence electrons. The first-order valence-corrected chi connectivity index (χ1v) is 4.24. The first-order chi connectivity index (χ1) is 6.16. The average Bonchev–Trinajstić information content (AvgIpc) is 2.10. The number of nitriles is 1. The Hall–Kier alpha value is -1.33. The van der Waals surface area contributed by atoms with Gasteiger partial charge in [-0.05, 0) is 18.6 Å². The molecule has 1 aromatic carbocycles. The molecule has 0 saturated heterocycles. The van der Waals surface area contributed by atoms with Crippen molar-refractivity contribution in [3.63, 3.8) is 0 Å². The van der Waals surface area contributed by atoms with Crippen LogP contribution in [0, 0.1) is 23.7 Å². The normalized spacial score (nSPS) is 9.31. The lowest BCUT2D eigenvalue weighted by Crippen LogP contribution is -2.00. The van der Waals surface area contributed by atoms with E-state index in [4.69, 9.17) is 22.3 Å². The van der Waals surface area contributed by atoms with E-state index in [1.807, 2.05) is 13.0 Å². The molecule has 0 radical (unpaired) electrons. The van der Waals surface area contributed by atoms with Crippen molar-refractivity contribution < 1.29 is 0 Å². The Bertz CT molecular complexity index is 377. The molecule has 0 aliphatic carbocycles. The minimum atomic E-state index is 0.126. The highest BCUT2D eigenvalue weighted by Crippen LogP contribution is 2.19. The summed E-state index contributed by atoms with van der Waals surface area (Å²) in [5.74, 6) is 0. The fourth-order valence-corrected chi connectivity index (χ4v) is 1.28. The van der Waals surface area contributed by atoms with Gasteiger partial charge in [-0.3, -0.25) is 0 Å². The minimum Gasteiger partial charge on any atom is -0.304 e. The number of benzene rings is 1. The second-order valence-corrected chi connectivity index (χ2v) is 3.13. The summed E-state index contributed by atoms with van der Waals surface area (Å²) < 4.78 is 0. The summed E-state index contributed by atoms with van der Waals surface area (Å²) >= 11 is 5.88. The van der Waals surface area contributed by atoms with Crippen molar-refractivity contribution in [1.29, 1.82) is 10.7 Å². The largest absolute Gasteiger partial charge is 0.304 e. The first kappa shape index (κ1) is 9.76. The Balaban J connectivity index is 3.09. The molecule has 0 saturated carbocycles. The van der Waals surface area contributed by atoms with E-state index in [2.05, 4.69) is 0 Å². The van der Waals surface area contributed by atoms with Crippen molar-refractivity contribution in [2.24, 2.45) is 0 Å². The van der Waals surface area contributed by atoms with E-state index < -0.39 is 0 Å². The summed E-state index contributed by atoms with van der Waals surface area (Å²) in [6.45, 7) is 1.85. The predicted molar refractivity (Wildman–Crippen MR) is 53.2 cm³/mol. The molecule has 0 amide bonds. The van der Waals surface area contributed by atoms with Gasteiger partial charge >= 0.3 is 0 Å². The lowest BCUT2D eigenvalue weighted by molar-refractivity contribution is 1.31. The Morgan fingerprint density at radius 1 is 1.62 bits per heavy atom. The van der Waals surface area contributed by atoms with Crippen LogP contribution in [-0.2, 0) is 0 Å². The van der Waals surface area contributed by atoms with Gasteiger partial charge in [-0.1, -0.05) is 23.7 Å². The molecule has 13 heavy (non-hydrogen) atoms. The number of hydrogen-bond acceptors (Lipinski definition) is 2. The van der Waals surface area contributed by atoms with Crippen molar-refractivity contribution in [3.05, 3.63) is 34.3 Å². The smallest absolute Gasteiger partial charge is 0.0773 e. The molecule has 0 fully saturated rings. The molecule has 2 nitrogen and oxygen atoms in total. The summed E-state index contributed by atoms with van der Waals surface area (Å²) in [5, 5.41) is 16.7. The molecule has 0 atom stereocenters. The molecule has 1 N–H and O–H groups in total. The second-order valence-electron chi connectivity index (χ2n) is 2.73. The Kier molecular flexibility index (Phi) is 3.05. The van der Waals surface area contributed by atoms with Gasteiger partial charge in [0.15, 0.2) is 0 Å². The van der Waals surface area contributed by atoms with Crippen molar-refractivity contribution in [2.75, 3.05) is 0 Å². The molecule has 0 spiro atoms. The summed E-state index contributed by atoms with van der Waals surface area (Å²) in [5.41, 5.74) is 1.95. The molecule has 0 aliphatic rings. The van der Waals surface area contributed by atoms with Gasteiger partial charge in [0.05, 0.1) is 18.2 Å². The zero-order valence-electron chi connectivity index (χ0n) is 7.26. The first-order valence-electron chi connectivity index (χ1n) is 3.86. The van der Waals surface area contributed by atoms with Gasteiger partial charge < -0.3 is 5.41 Å². The Morgan fingerprint density at radius 2 is 2.31 bits per heavy atom. The fraction of sp³-hybridized carbons (Fsp3) is 0.200. The minimum absolute atomic E-state index is 0.126. The van der Waals surface area contributed by atoms with Crippen LogP contribution in [0.2, 0.25) is 5.02 Å². The molecule has 1 aromatic rings. The van der Waals surface area contributed by atoms with E-state index in [1.54, 1.807) is 18.2 Å². The van der Waals surface area contributed by atoms with Crippen molar-refractivity contribution in [1.82, 2.24) is 0 Å². The Morgan fingerprint density at radius 3 is 2.92 bits per heavy atom. The molecular formula is C10H9ClN2. The zero-order chi connectivity index (χ0) is 9.84. The maximum absolute atomic E-state index is 8.43. The molecule has 0 aromatic heterocycles. The summed E-state index contributed by atoms with van der Waals surface area (Å²) in [7, 11) is 0. The number of hydrogen-bond donors (Lipinski definition) is 1. The molecular weight excluding hydrogens is 184 g/mol. The van der Waals surface area contributed by atoms with E-state index in [0.717, 1.165) is 11.1 Å². The lowest BCUT2D eigenvalue weighted by atomic mass is 10.0. The molecule has 0 unspecified atom stereocenters. The molecule has 1 rings (SSSR count). The summed E-state index contributed by atoms with van der Waals surface area (Å²) in [4.78, 5) is 0. The van der Waals surface area contributed by atoms with Crippen molar-refractivity contribution in [3.8, 4) is 6.07 Å². The lowest BCUT2D eigenvalue weighted by Gasteiger charge is -2.05. The van der Waals surface area contributed by atoms with E-state index >= 15 is 0 Å². The Labute approximate surface area is 82.3 Å². The van der Waals surface area contributed by atoms with Crippen molar-refractivity contribution in [2.45, 2.75) is 13.3 Å². The van der Waals surface area contributed by atoms with E-state index in [9.17, 15) is 0 Å². The number of nitrogens with zero attached hydrogens (tertiary/aromatic N) is 1. The number of rotatable bonds is 2. The van der Waals surface area contributed by atoms with Crippen LogP contribution in [-0.4, -0.2) is 5.71 Å². The van der Waals surface area contributed by atoms with Gasteiger partial charge in [0.25, 0.3) is 0 Å². The number of halogens is 1. The van der Waals surface area contributed by atoms with Crippen LogP contribution in [0.5, 0.6) is 0 Å². The topological polar surface area (TPSA) is 47.6 Å². The van der Waals surface area contributed by atoms with Crippen LogP contribution in [0.4, 0.5) is 0 Å². The van der Waals surface area contributed by atoms with Gasteiger partial charge in [-0.25, -0.2) is 0 Å². The SMILES string of the molecule is Cc1c(Cl)cccc1C(=N)CC#N. The van der Waals surface area contributed by atoms with Gasteiger partial charge in [0.2, 0.25) is 0 Å². The summed E-state index contributed by atoms with van der Waals surface area (Å²) in [6.07, 6.45) is 0.126. The van der Waals surface area contributed by atoms with Crippen molar-refractivity contribution >= 4 is 17.3 Å². The third-order valence-electron chi connectivity index (χ3n) is 1.85. The van der Waals surface area contributed by atoms with Crippen LogP contribution < -0.4 is 0 Å². The molecule has 0 aliphatic heterocycles. The highest BCUT2D eigenvalue weighted by Gasteiger charge is 2.06. The zero-order valence-corrected chi connectivity index (χ0v) is 8.02. The predicted octanol–water partition coefficient (Wildman–Crippen LogP) is 2.93. The summed E-state index contributed by atoms with van der Waals surface area (Å²) in [6, 6.07) is 7.32.